The Balaban J connectivity index is 2.40. The Kier molecular flexibility index (Phi) is 6.58. The van der Waals surface area contributed by atoms with E-state index in [2.05, 4.69) is 13.8 Å². The summed E-state index contributed by atoms with van der Waals surface area (Å²) in [5.74, 6) is 2.44. The number of aliphatic hydroxyl groups excluding tert-OH is 1. The largest absolute Gasteiger partial charge is 0.493 e. The van der Waals surface area contributed by atoms with Crippen LogP contribution in [0.1, 0.15) is 26.7 Å². The first-order valence-electron chi connectivity index (χ1n) is 6.54. The summed E-state index contributed by atoms with van der Waals surface area (Å²) >= 11 is 0. The molecule has 0 amide bonds. The van der Waals surface area contributed by atoms with Crippen molar-refractivity contribution in [2.24, 2.45) is 11.8 Å². The molecule has 0 spiro atoms. The molecule has 1 aromatic rings. The third kappa shape index (κ3) is 4.96. The van der Waals surface area contributed by atoms with Crippen molar-refractivity contribution in [3.63, 3.8) is 0 Å². The number of para-hydroxylation sites is 2. The Labute approximate surface area is 110 Å². The fraction of sp³-hybridized carbons (Fsp3) is 0.600. The first-order chi connectivity index (χ1) is 8.67. The standard InChI is InChI=1S/C15H24O3/c1-12(2)10-13(11-16)8-9-18-15-7-5-4-6-14(15)17-3/h4-7,12-13,16H,8-11H2,1-3H3. The van der Waals surface area contributed by atoms with E-state index in [-0.39, 0.29) is 6.61 Å². The van der Waals surface area contributed by atoms with Gasteiger partial charge in [0.05, 0.1) is 13.7 Å². The first-order valence-corrected chi connectivity index (χ1v) is 6.54. The number of ether oxygens (including phenoxy) is 2. The van der Waals surface area contributed by atoms with Crippen LogP contribution in [0.15, 0.2) is 24.3 Å². The molecule has 0 aliphatic rings. The SMILES string of the molecule is COc1ccccc1OCCC(CO)CC(C)C. The molecule has 3 heteroatoms. The van der Waals surface area contributed by atoms with Gasteiger partial charge < -0.3 is 14.6 Å². The minimum Gasteiger partial charge on any atom is -0.493 e. The average molecular weight is 252 g/mol. The second kappa shape index (κ2) is 7.98. The molecule has 1 aromatic carbocycles. The zero-order valence-corrected chi connectivity index (χ0v) is 11.6. The van der Waals surface area contributed by atoms with Crippen molar-refractivity contribution in [2.45, 2.75) is 26.7 Å². The number of hydrogen-bond acceptors (Lipinski definition) is 3. The topological polar surface area (TPSA) is 38.7 Å². The summed E-state index contributed by atoms with van der Waals surface area (Å²) in [6, 6.07) is 7.62. The molecule has 3 nitrogen and oxygen atoms in total. The first kappa shape index (κ1) is 14.8. The molecule has 18 heavy (non-hydrogen) atoms. The fourth-order valence-corrected chi connectivity index (χ4v) is 2.02. The van der Waals surface area contributed by atoms with E-state index in [0.29, 0.717) is 18.4 Å². The molecule has 0 saturated heterocycles. The molecule has 0 saturated carbocycles. The highest BCUT2D eigenvalue weighted by Gasteiger charge is 2.10. The zero-order chi connectivity index (χ0) is 13.4. The van der Waals surface area contributed by atoms with Crippen molar-refractivity contribution in [3.05, 3.63) is 24.3 Å². The summed E-state index contributed by atoms with van der Waals surface area (Å²) in [7, 11) is 1.64. The normalized spacial score (nSPS) is 12.5. The van der Waals surface area contributed by atoms with Crippen LogP contribution in [0.3, 0.4) is 0 Å². The van der Waals surface area contributed by atoms with Crippen LogP contribution in [-0.2, 0) is 0 Å². The number of aliphatic hydroxyl groups is 1. The van der Waals surface area contributed by atoms with Gasteiger partial charge in [0.25, 0.3) is 0 Å². The minimum absolute atomic E-state index is 0.230. The smallest absolute Gasteiger partial charge is 0.161 e. The molecule has 0 radical (unpaired) electrons. The van der Waals surface area contributed by atoms with Crippen LogP contribution in [0, 0.1) is 11.8 Å². The highest BCUT2D eigenvalue weighted by molar-refractivity contribution is 5.39. The molecule has 0 heterocycles. The van der Waals surface area contributed by atoms with Gasteiger partial charge in [-0.25, -0.2) is 0 Å². The van der Waals surface area contributed by atoms with Crippen molar-refractivity contribution < 1.29 is 14.6 Å². The lowest BCUT2D eigenvalue weighted by Gasteiger charge is -2.17. The van der Waals surface area contributed by atoms with Gasteiger partial charge in [0.2, 0.25) is 0 Å². The van der Waals surface area contributed by atoms with Crippen molar-refractivity contribution in [1.82, 2.24) is 0 Å². The van der Waals surface area contributed by atoms with Crippen LogP contribution in [-0.4, -0.2) is 25.4 Å². The molecular weight excluding hydrogens is 228 g/mol. The van der Waals surface area contributed by atoms with Crippen molar-refractivity contribution in [3.8, 4) is 11.5 Å². The van der Waals surface area contributed by atoms with Gasteiger partial charge in [-0.1, -0.05) is 26.0 Å². The molecule has 0 aromatic heterocycles. The predicted octanol–water partition coefficient (Wildman–Crippen LogP) is 3.12. The second-order valence-corrected chi connectivity index (χ2v) is 4.97. The lowest BCUT2D eigenvalue weighted by molar-refractivity contribution is 0.172. The maximum Gasteiger partial charge on any atom is 0.161 e. The highest BCUT2D eigenvalue weighted by atomic mass is 16.5. The molecule has 0 aliphatic carbocycles. The van der Waals surface area contributed by atoms with Crippen LogP contribution in [0.4, 0.5) is 0 Å². The Bertz CT molecular complexity index is 336. The monoisotopic (exact) mass is 252 g/mol. The quantitative estimate of drug-likeness (QED) is 0.772. The maximum absolute atomic E-state index is 9.29. The van der Waals surface area contributed by atoms with Gasteiger partial charge in [-0.05, 0) is 36.8 Å². The van der Waals surface area contributed by atoms with E-state index < -0.39 is 0 Å². The Morgan fingerprint density at radius 3 is 2.39 bits per heavy atom. The Morgan fingerprint density at radius 2 is 1.83 bits per heavy atom. The zero-order valence-electron chi connectivity index (χ0n) is 11.6. The van der Waals surface area contributed by atoms with Crippen LogP contribution in [0.5, 0.6) is 11.5 Å². The van der Waals surface area contributed by atoms with Crippen molar-refractivity contribution in [2.75, 3.05) is 20.3 Å². The van der Waals surface area contributed by atoms with Gasteiger partial charge in [-0.2, -0.15) is 0 Å². The van der Waals surface area contributed by atoms with E-state index in [1.165, 1.54) is 0 Å². The van der Waals surface area contributed by atoms with Gasteiger partial charge in [0.15, 0.2) is 11.5 Å². The third-order valence-corrected chi connectivity index (χ3v) is 2.92. The molecule has 1 N–H and O–H groups in total. The summed E-state index contributed by atoms with van der Waals surface area (Å²) < 4.78 is 10.9. The highest BCUT2D eigenvalue weighted by Crippen LogP contribution is 2.26. The summed E-state index contributed by atoms with van der Waals surface area (Å²) in [4.78, 5) is 0. The third-order valence-electron chi connectivity index (χ3n) is 2.92. The van der Waals surface area contributed by atoms with E-state index in [0.717, 1.165) is 24.3 Å². The average Bonchev–Trinajstić information content (AvgIpc) is 2.37. The summed E-state index contributed by atoms with van der Waals surface area (Å²) in [5, 5.41) is 9.29. The summed E-state index contributed by atoms with van der Waals surface area (Å²) in [5.41, 5.74) is 0. The van der Waals surface area contributed by atoms with Gasteiger partial charge >= 0.3 is 0 Å². The van der Waals surface area contributed by atoms with E-state index in [4.69, 9.17) is 9.47 Å². The van der Waals surface area contributed by atoms with Crippen molar-refractivity contribution >= 4 is 0 Å². The Morgan fingerprint density at radius 1 is 1.17 bits per heavy atom. The van der Waals surface area contributed by atoms with Crippen LogP contribution in [0.25, 0.3) is 0 Å². The van der Waals surface area contributed by atoms with E-state index in [1.807, 2.05) is 24.3 Å². The second-order valence-electron chi connectivity index (χ2n) is 4.97. The number of benzene rings is 1. The number of methoxy groups -OCH3 is 1. The predicted molar refractivity (Wildman–Crippen MR) is 73.1 cm³/mol. The lowest BCUT2D eigenvalue weighted by atomic mass is 9.95. The van der Waals surface area contributed by atoms with Gasteiger partial charge in [0.1, 0.15) is 0 Å². The minimum atomic E-state index is 0.230. The van der Waals surface area contributed by atoms with Crippen LogP contribution in [0.2, 0.25) is 0 Å². The van der Waals surface area contributed by atoms with Crippen molar-refractivity contribution in [1.29, 1.82) is 0 Å². The van der Waals surface area contributed by atoms with Gasteiger partial charge in [0, 0.05) is 6.61 Å². The van der Waals surface area contributed by atoms with Crippen LogP contribution < -0.4 is 9.47 Å². The van der Waals surface area contributed by atoms with E-state index in [9.17, 15) is 5.11 Å². The number of hydrogen-bond donors (Lipinski definition) is 1. The van der Waals surface area contributed by atoms with E-state index >= 15 is 0 Å². The molecule has 1 atom stereocenters. The lowest BCUT2D eigenvalue weighted by Crippen LogP contribution is -2.13. The molecular formula is C15H24O3. The maximum atomic E-state index is 9.29. The van der Waals surface area contributed by atoms with Crippen LogP contribution >= 0.6 is 0 Å². The summed E-state index contributed by atoms with van der Waals surface area (Å²) in [6.07, 6.45) is 1.90. The molecule has 1 rings (SSSR count). The van der Waals surface area contributed by atoms with Gasteiger partial charge in [-0.3, -0.25) is 0 Å². The Hall–Kier alpha value is -1.22. The number of rotatable bonds is 8. The van der Waals surface area contributed by atoms with E-state index in [1.54, 1.807) is 7.11 Å². The van der Waals surface area contributed by atoms with Gasteiger partial charge in [-0.15, -0.1) is 0 Å². The molecule has 1 unspecified atom stereocenters. The molecule has 0 aliphatic heterocycles. The summed E-state index contributed by atoms with van der Waals surface area (Å²) in [6.45, 7) is 5.18. The molecule has 0 fully saturated rings. The fourth-order valence-electron chi connectivity index (χ4n) is 2.02. The molecule has 0 bridgehead atoms. The molecule has 102 valence electrons.